The maximum absolute atomic E-state index is 13.3. The summed E-state index contributed by atoms with van der Waals surface area (Å²) in [5.41, 5.74) is 0. The average molecular weight is 1070 g/mol. The van der Waals surface area contributed by atoms with Gasteiger partial charge in [0, 0.05) is 13.1 Å². The van der Waals surface area contributed by atoms with E-state index in [1.54, 1.807) is 0 Å². The Labute approximate surface area is 478 Å². The van der Waals surface area contributed by atoms with Gasteiger partial charge in [-0.05, 0) is 78.6 Å². The maximum atomic E-state index is 13.3. The molecule has 0 heterocycles. The van der Waals surface area contributed by atoms with Gasteiger partial charge in [-0.15, -0.1) is 0 Å². The summed E-state index contributed by atoms with van der Waals surface area (Å²) in [5, 5.41) is 0. The Hall–Kier alpha value is -1.14. The molecule has 0 N–H and O–H groups in total. The van der Waals surface area contributed by atoms with Crippen molar-refractivity contribution in [2.45, 2.75) is 374 Å². The van der Waals surface area contributed by atoms with E-state index in [0.717, 1.165) is 45.1 Å². The van der Waals surface area contributed by atoms with Gasteiger partial charge in [-0.3, -0.25) is 9.59 Å². The van der Waals surface area contributed by atoms with Crippen molar-refractivity contribution in [1.29, 1.82) is 0 Å². The molecule has 0 aromatic carbocycles. The Bertz CT molecular complexity index is 1050. The molecule has 0 bridgehead atoms. The fraction of sp³-hybridized carbons (Fsp3) is 0.971. The molecule has 0 aliphatic heterocycles. The van der Waals surface area contributed by atoms with Crippen molar-refractivity contribution in [2.24, 2.45) is 11.8 Å². The Morgan fingerprint density at radius 2 is 0.474 bits per heavy atom. The summed E-state index contributed by atoms with van der Waals surface area (Å²) in [4.78, 5) is 31.6. The van der Waals surface area contributed by atoms with E-state index in [0.29, 0.717) is 13.2 Å². The number of esters is 2. The number of carbonyl (C=O) groups is 2. The molecule has 0 saturated carbocycles. The Morgan fingerprint density at radius 3 is 0.711 bits per heavy atom. The van der Waals surface area contributed by atoms with Gasteiger partial charge in [0.15, 0.2) is 0 Å². The molecule has 76 heavy (non-hydrogen) atoms. The van der Waals surface area contributed by atoms with E-state index in [-0.39, 0.29) is 23.8 Å². The van der Waals surface area contributed by atoms with Crippen LogP contribution in [-0.2, 0) is 19.1 Å². The van der Waals surface area contributed by atoms with Gasteiger partial charge < -0.3 is 19.3 Å². The Balaban J connectivity index is 4.35. The van der Waals surface area contributed by atoms with E-state index in [2.05, 4.69) is 51.6 Å². The number of unbranched alkanes of at least 4 members (excludes halogenated alkanes) is 44. The number of hydrogen-bond donors (Lipinski definition) is 0. The predicted octanol–water partition coefficient (Wildman–Crippen LogP) is 22.3. The van der Waals surface area contributed by atoms with E-state index in [9.17, 15) is 9.59 Å². The van der Waals surface area contributed by atoms with Crippen molar-refractivity contribution in [1.82, 2.24) is 9.80 Å². The largest absolute Gasteiger partial charge is 0.465 e. The van der Waals surface area contributed by atoms with Crippen LogP contribution in [0.5, 0.6) is 0 Å². The van der Waals surface area contributed by atoms with Crippen LogP contribution in [0.2, 0.25) is 0 Å². The van der Waals surface area contributed by atoms with Gasteiger partial charge in [-0.2, -0.15) is 0 Å². The van der Waals surface area contributed by atoms with Gasteiger partial charge in [0.1, 0.15) is 0 Å². The van der Waals surface area contributed by atoms with E-state index in [1.165, 1.54) is 328 Å². The van der Waals surface area contributed by atoms with Crippen molar-refractivity contribution in [2.75, 3.05) is 53.5 Å². The van der Waals surface area contributed by atoms with E-state index < -0.39 is 0 Å². The van der Waals surface area contributed by atoms with Crippen LogP contribution in [0.1, 0.15) is 374 Å². The first-order valence-corrected chi connectivity index (χ1v) is 35.1. The molecule has 0 fully saturated rings. The molecule has 2 unspecified atom stereocenters. The standard InChI is InChI=1S/C70H140N2O4/c1-7-11-15-19-23-27-29-35-43-51-59-67(57-49-41-33-25-21-17-13-9-3)69(73)75-65-55-47-39-31-37-45-53-61-72(64-63-71(5)6)62-54-46-38-32-40-48-56-66-76-70(74)68(58-50-42-34-26-22-18-14-10-4)60-52-44-36-30-28-24-20-16-12-8-2/h67-68H,7-66H2,1-6H3. The van der Waals surface area contributed by atoms with E-state index >= 15 is 0 Å². The fourth-order valence-corrected chi connectivity index (χ4v) is 11.5. The monoisotopic (exact) mass is 1070 g/mol. The van der Waals surface area contributed by atoms with E-state index in [4.69, 9.17) is 9.47 Å². The second-order valence-electron chi connectivity index (χ2n) is 24.8. The molecule has 0 aromatic heterocycles. The lowest BCUT2D eigenvalue weighted by atomic mass is 9.94. The molecular formula is C70H140N2O4. The van der Waals surface area contributed by atoms with Gasteiger partial charge >= 0.3 is 11.9 Å². The van der Waals surface area contributed by atoms with Gasteiger partial charge in [0.05, 0.1) is 25.0 Å². The van der Waals surface area contributed by atoms with Crippen LogP contribution in [0.4, 0.5) is 0 Å². The highest BCUT2D eigenvalue weighted by Crippen LogP contribution is 2.24. The highest BCUT2D eigenvalue weighted by molar-refractivity contribution is 5.72. The molecule has 0 spiro atoms. The van der Waals surface area contributed by atoms with Crippen LogP contribution in [0.3, 0.4) is 0 Å². The second-order valence-corrected chi connectivity index (χ2v) is 24.8. The first-order chi connectivity index (χ1) is 37.4. The zero-order valence-corrected chi connectivity index (χ0v) is 53.1. The Kier molecular flexibility index (Phi) is 62.1. The Morgan fingerprint density at radius 1 is 0.263 bits per heavy atom. The number of carbonyl (C=O) groups excluding carboxylic acids is 2. The molecule has 0 rings (SSSR count). The van der Waals surface area contributed by atoms with E-state index in [1.807, 2.05) is 0 Å². The quantitative estimate of drug-likeness (QED) is 0.0447. The maximum Gasteiger partial charge on any atom is 0.308 e. The van der Waals surface area contributed by atoms with Crippen LogP contribution in [0, 0.1) is 11.8 Å². The van der Waals surface area contributed by atoms with Gasteiger partial charge in [0.25, 0.3) is 0 Å². The summed E-state index contributed by atoms with van der Waals surface area (Å²) in [7, 11) is 4.40. The van der Waals surface area contributed by atoms with Crippen LogP contribution in [0.15, 0.2) is 0 Å². The number of hydrogen-bond acceptors (Lipinski definition) is 6. The van der Waals surface area contributed by atoms with Crippen molar-refractivity contribution >= 4 is 11.9 Å². The summed E-state index contributed by atoms with van der Waals surface area (Å²) in [6, 6.07) is 0. The molecule has 0 radical (unpaired) electrons. The third-order valence-corrected chi connectivity index (χ3v) is 16.9. The minimum Gasteiger partial charge on any atom is -0.465 e. The molecule has 2 atom stereocenters. The zero-order chi connectivity index (χ0) is 55.3. The number of rotatable bonds is 65. The summed E-state index contributed by atoms with van der Waals surface area (Å²) in [5.74, 6) is 0.433. The van der Waals surface area contributed by atoms with Crippen LogP contribution in [0.25, 0.3) is 0 Å². The average Bonchev–Trinajstić information content (AvgIpc) is 3.41. The van der Waals surface area contributed by atoms with Crippen LogP contribution >= 0.6 is 0 Å². The first-order valence-electron chi connectivity index (χ1n) is 35.1. The molecule has 0 amide bonds. The molecule has 6 nitrogen and oxygen atoms in total. The molecule has 0 aliphatic carbocycles. The lowest BCUT2D eigenvalue weighted by Gasteiger charge is -2.24. The molecule has 0 saturated heterocycles. The second kappa shape index (κ2) is 63.0. The SMILES string of the molecule is CCCCCCCCCCCCC(CCCCCCCCCC)C(=O)OCCCCCCCCCN(CCCCCCCCCOC(=O)C(CCCCCCCCCC)CCCCCCCCCCCC)CCN(C)C. The highest BCUT2D eigenvalue weighted by atomic mass is 16.5. The molecule has 0 aliphatic rings. The fourth-order valence-electron chi connectivity index (χ4n) is 11.5. The van der Waals surface area contributed by atoms with Gasteiger partial charge in [0.2, 0.25) is 0 Å². The predicted molar refractivity (Wildman–Crippen MR) is 336 cm³/mol. The first kappa shape index (κ1) is 74.9. The molecule has 0 aromatic rings. The van der Waals surface area contributed by atoms with Gasteiger partial charge in [-0.25, -0.2) is 0 Å². The van der Waals surface area contributed by atoms with Gasteiger partial charge in [-0.1, -0.05) is 323 Å². The molecular weight excluding hydrogens is 933 g/mol. The van der Waals surface area contributed by atoms with Crippen LogP contribution < -0.4 is 0 Å². The normalized spacial score (nSPS) is 12.6. The van der Waals surface area contributed by atoms with Crippen LogP contribution in [-0.4, -0.2) is 75.2 Å². The minimum absolute atomic E-state index is 0.102. The third-order valence-electron chi connectivity index (χ3n) is 16.9. The number of nitrogens with zero attached hydrogens (tertiary/aromatic N) is 2. The molecule has 454 valence electrons. The summed E-state index contributed by atoms with van der Waals surface area (Å²) >= 11 is 0. The zero-order valence-electron chi connectivity index (χ0n) is 53.1. The molecule has 6 heteroatoms. The lowest BCUT2D eigenvalue weighted by molar-refractivity contribution is -0.150. The number of ether oxygens (including phenoxy) is 2. The van der Waals surface area contributed by atoms with Crippen molar-refractivity contribution in [3.8, 4) is 0 Å². The topological polar surface area (TPSA) is 59.1 Å². The van der Waals surface area contributed by atoms with Crippen molar-refractivity contribution < 1.29 is 19.1 Å². The third kappa shape index (κ3) is 56.1. The lowest BCUT2D eigenvalue weighted by Crippen LogP contribution is -2.33. The minimum atomic E-state index is 0.102. The smallest absolute Gasteiger partial charge is 0.308 e. The summed E-state index contributed by atoms with van der Waals surface area (Å²) < 4.78 is 11.9. The summed E-state index contributed by atoms with van der Waals surface area (Å²) in [6.07, 6.45) is 69.5. The number of likely N-dealkylation sites (N-methyl/N-ethyl adjacent to an activating group) is 1. The van der Waals surface area contributed by atoms with Crippen molar-refractivity contribution in [3.05, 3.63) is 0 Å². The van der Waals surface area contributed by atoms with Crippen molar-refractivity contribution in [3.63, 3.8) is 0 Å². The summed E-state index contributed by atoms with van der Waals surface area (Å²) in [6.45, 7) is 15.1. The highest BCUT2D eigenvalue weighted by Gasteiger charge is 2.21.